The van der Waals surface area contributed by atoms with Crippen molar-refractivity contribution in [1.82, 2.24) is 5.32 Å². The van der Waals surface area contributed by atoms with Gasteiger partial charge in [0.05, 0.1) is 30.8 Å². The lowest BCUT2D eigenvalue weighted by molar-refractivity contribution is -0.255. The fourth-order valence-corrected chi connectivity index (χ4v) is 4.01. The number of carbonyl (C=O) groups is 5. The first-order valence-corrected chi connectivity index (χ1v) is 12.0. The lowest BCUT2D eigenvalue weighted by Gasteiger charge is -2.16. The van der Waals surface area contributed by atoms with Crippen LogP contribution < -0.4 is 20.6 Å². The van der Waals surface area contributed by atoms with E-state index in [1.54, 1.807) is 36.4 Å². The van der Waals surface area contributed by atoms with Gasteiger partial charge in [-0.25, -0.2) is 9.69 Å². The second-order valence-corrected chi connectivity index (χ2v) is 8.81. The largest absolute Gasteiger partial charge is 0.545 e. The molecule has 0 atom stereocenters. The number of carboxylic acid groups (broad SMARTS) is 1. The van der Waals surface area contributed by atoms with Crippen LogP contribution >= 0.6 is 11.6 Å². The van der Waals surface area contributed by atoms with Crippen LogP contribution in [0.5, 0.6) is 0 Å². The molecule has 39 heavy (non-hydrogen) atoms. The number of nitrogens with one attached hydrogen (secondary N) is 2. The number of hydrogen-bond donors (Lipinski definition) is 2. The molecule has 3 aromatic rings. The highest BCUT2D eigenvalue weighted by molar-refractivity contribution is 6.53. The van der Waals surface area contributed by atoms with Gasteiger partial charge in [0.15, 0.2) is 0 Å². The Bertz CT molecular complexity index is 1500. The minimum Gasteiger partial charge on any atom is -0.545 e. The molecule has 198 valence electrons. The number of hydrogen-bond acceptors (Lipinski definition) is 8. The van der Waals surface area contributed by atoms with Crippen LogP contribution in [0.25, 0.3) is 0 Å². The summed E-state index contributed by atoms with van der Waals surface area (Å²) < 4.78 is 4.69. The molecule has 4 rings (SSSR count). The number of ether oxygens (including phenoxy) is 1. The number of rotatable bonds is 9. The Hall–Kier alpha value is -4.96. The SMILES string of the molecule is COC(=O)c1cccc(N2C(=O)C(Cl)=C(Nc3ccc(CC(=O)NCc4ccc(C(=O)[O-])cc4)cc3)C2=O)c1. The molecule has 1 aliphatic heterocycles. The summed E-state index contributed by atoms with van der Waals surface area (Å²) in [4.78, 5) is 61.6. The third kappa shape index (κ3) is 6.13. The molecule has 0 unspecified atom stereocenters. The van der Waals surface area contributed by atoms with Crippen LogP contribution in [0.2, 0.25) is 0 Å². The van der Waals surface area contributed by atoms with E-state index in [2.05, 4.69) is 15.4 Å². The van der Waals surface area contributed by atoms with E-state index in [-0.39, 0.29) is 46.4 Å². The Morgan fingerprint density at radius 1 is 0.897 bits per heavy atom. The second kappa shape index (κ2) is 11.6. The van der Waals surface area contributed by atoms with E-state index in [4.69, 9.17) is 11.6 Å². The van der Waals surface area contributed by atoms with Crippen molar-refractivity contribution in [2.75, 3.05) is 17.3 Å². The molecule has 0 aliphatic carbocycles. The molecule has 0 saturated carbocycles. The zero-order valence-electron chi connectivity index (χ0n) is 20.5. The summed E-state index contributed by atoms with van der Waals surface area (Å²) in [5.74, 6) is -3.56. The molecule has 2 N–H and O–H groups in total. The summed E-state index contributed by atoms with van der Waals surface area (Å²) >= 11 is 6.19. The van der Waals surface area contributed by atoms with Gasteiger partial charge < -0.3 is 25.3 Å². The minimum atomic E-state index is -1.27. The van der Waals surface area contributed by atoms with Crippen molar-refractivity contribution in [3.63, 3.8) is 0 Å². The van der Waals surface area contributed by atoms with Gasteiger partial charge in [-0.1, -0.05) is 54.1 Å². The molecule has 3 amide bonds. The van der Waals surface area contributed by atoms with Gasteiger partial charge in [0.25, 0.3) is 11.8 Å². The molecular weight excluding hydrogens is 526 g/mol. The average molecular weight is 547 g/mol. The van der Waals surface area contributed by atoms with Gasteiger partial charge in [0.1, 0.15) is 10.7 Å². The number of nitrogens with zero attached hydrogens (tertiary/aromatic N) is 1. The van der Waals surface area contributed by atoms with E-state index >= 15 is 0 Å². The monoisotopic (exact) mass is 546 g/mol. The Labute approximate surface area is 227 Å². The van der Waals surface area contributed by atoms with Crippen molar-refractivity contribution in [1.29, 1.82) is 0 Å². The summed E-state index contributed by atoms with van der Waals surface area (Å²) in [6, 6.07) is 18.5. The van der Waals surface area contributed by atoms with Crippen molar-refractivity contribution in [2.24, 2.45) is 0 Å². The van der Waals surface area contributed by atoms with E-state index in [0.717, 1.165) is 10.5 Å². The fourth-order valence-electron chi connectivity index (χ4n) is 3.79. The molecule has 0 bridgehead atoms. The molecule has 0 saturated heterocycles. The number of imide groups is 1. The van der Waals surface area contributed by atoms with E-state index in [1.165, 1.54) is 43.5 Å². The first-order valence-electron chi connectivity index (χ1n) is 11.6. The van der Waals surface area contributed by atoms with Gasteiger partial charge in [0, 0.05) is 12.2 Å². The maximum Gasteiger partial charge on any atom is 0.337 e. The zero-order valence-corrected chi connectivity index (χ0v) is 21.3. The van der Waals surface area contributed by atoms with E-state index < -0.39 is 23.8 Å². The zero-order chi connectivity index (χ0) is 28.1. The molecule has 10 nitrogen and oxygen atoms in total. The number of carbonyl (C=O) groups excluding carboxylic acids is 5. The molecular formula is C28H21ClN3O7-. The van der Waals surface area contributed by atoms with Crippen LogP contribution in [0, 0.1) is 0 Å². The predicted molar refractivity (Wildman–Crippen MR) is 140 cm³/mol. The first kappa shape index (κ1) is 27.1. The summed E-state index contributed by atoms with van der Waals surface area (Å²) in [6.07, 6.45) is 0.0859. The smallest absolute Gasteiger partial charge is 0.337 e. The van der Waals surface area contributed by atoms with Crippen molar-refractivity contribution in [3.8, 4) is 0 Å². The van der Waals surface area contributed by atoms with Crippen LogP contribution in [0.15, 0.2) is 83.5 Å². The Morgan fingerprint density at radius 2 is 1.56 bits per heavy atom. The average Bonchev–Trinajstić information content (AvgIpc) is 3.15. The quantitative estimate of drug-likeness (QED) is 0.307. The van der Waals surface area contributed by atoms with Crippen LogP contribution in [0.3, 0.4) is 0 Å². The number of aromatic carboxylic acids is 1. The Balaban J connectivity index is 1.37. The summed E-state index contributed by atoms with van der Waals surface area (Å²) in [7, 11) is 1.22. The van der Waals surface area contributed by atoms with E-state index in [0.29, 0.717) is 11.3 Å². The van der Waals surface area contributed by atoms with Crippen LogP contribution in [-0.4, -0.2) is 36.8 Å². The van der Waals surface area contributed by atoms with Gasteiger partial charge >= 0.3 is 5.97 Å². The van der Waals surface area contributed by atoms with Gasteiger partial charge in [-0.2, -0.15) is 0 Å². The number of esters is 1. The third-order valence-electron chi connectivity index (χ3n) is 5.82. The number of benzene rings is 3. The highest BCUT2D eigenvalue weighted by atomic mass is 35.5. The molecule has 0 aromatic heterocycles. The van der Waals surface area contributed by atoms with E-state index in [9.17, 15) is 29.1 Å². The predicted octanol–water partition coefficient (Wildman–Crippen LogP) is 2.13. The molecule has 1 aliphatic rings. The van der Waals surface area contributed by atoms with Crippen LogP contribution in [0.1, 0.15) is 31.8 Å². The summed E-state index contributed by atoms with van der Waals surface area (Å²) in [6.45, 7) is 0.230. The van der Waals surface area contributed by atoms with Gasteiger partial charge in [-0.15, -0.1) is 0 Å². The van der Waals surface area contributed by atoms with Gasteiger partial charge in [-0.3, -0.25) is 14.4 Å². The van der Waals surface area contributed by atoms with Crippen molar-refractivity contribution >= 4 is 52.6 Å². The van der Waals surface area contributed by atoms with Crippen LogP contribution in [0.4, 0.5) is 11.4 Å². The normalized spacial score (nSPS) is 12.9. The molecule has 3 aromatic carbocycles. The van der Waals surface area contributed by atoms with Crippen molar-refractivity contribution < 1.29 is 33.8 Å². The Kier molecular flexibility index (Phi) is 8.07. The molecule has 1 heterocycles. The maximum absolute atomic E-state index is 13.0. The molecule has 0 spiro atoms. The number of halogens is 1. The van der Waals surface area contributed by atoms with Crippen molar-refractivity contribution in [2.45, 2.75) is 13.0 Å². The molecule has 0 fully saturated rings. The maximum atomic E-state index is 13.0. The van der Waals surface area contributed by atoms with E-state index in [1.807, 2.05) is 0 Å². The fraction of sp³-hybridized carbons (Fsp3) is 0.107. The molecule has 11 heteroatoms. The first-order chi connectivity index (χ1) is 18.7. The number of anilines is 2. The lowest BCUT2D eigenvalue weighted by atomic mass is 10.1. The number of methoxy groups -OCH3 is 1. The number of amides is 3. The Morgan fingerprint density at radius 3 is 2.21 bits per heavy atom. The van der Waals surface area contributed by atoms with Gasteiger partial charge in [0.2, 0.25) is 5.91 Å². The van der Waals surface area contributed by atoms with Gasteiger partial charge in [-0.05, 0) is 47.0 Å². The van der Waals surface area contributed by atoms with Crippen LogP contribution in [-0.2, 0) is 32.1 Å². The highest BCUT2D eigenvalue weighted by Crippen LogP contribution is 2.30. The topological polar surface area (TPSA) is 145 Å². The summed E-state index contributed by atoms with van der Waals surface area (Å²) in [5, 5.41) is 16.1. The minimum absolute atomic E-state index is 0.0555. The summed E-state index contributed by atoms with van der Waals surface area (Å²) in [5.41, 5.74) is 2.16. The van der Waals surface area contributed by atoms with Crippen molar-refractivity contribution in [3.05, 3.63) is 106 Å². The third-order valence-corrected chi connectivity index (χ3v) is 6.17. The number of carboxylic acids is 1. The molecule has 0 radical (unpaired) electrons. The second-order valence-electron chi connectivity index (χ2n) is 8.44. The highest BCUT2D eigenvalue weighted by Gasteiger charge is 2.39. The lowest BCUT2D eigenvalue weighted by Crippen LogP contribution is -2.32. The standard InChI is InChI=1S/C28H22ClN3O7/c1-39-28(38)19-3-2-4-21(14-19)32-25(34)23(29)24(26(32)35)31-20-11-7-16(8-12-20)13-22(33)30-15-17-5-9-18(10-6-17)27(36)37/h2-12,14,31H,13,15H2,1H3,(H,30,33)(H,36,37)/p-1.